The predicted octanol–water partition coefficient (Wildman–Crippen LogP) is 28.8. The van der Waals surface area contributed by atoms with Crippen molar-refractivity contribution < 1.29 is 25.9 Å². The summed E-state index contributed by atoms with van der Waals surface area (Å²) in [6.07, 6.45) is 85.8. The number of hydrogen-bond donors (Lipinski definition) is 0. The first kappa shape index (κ1) is 91.9. The average Bonchev–Trinajstić information content (AvgIpc) is 0.812. The molecule has 0 aliphatic heterocycles. The van der Waals surface area contributed by atoms with E-state index in [0.717, 1.165) is 60.1 Å². The molecular formula is C88H150BaO6S2. The van der Waals surface area contributed by atoms with Gasteiger partial charge in [-0.3, -0.25) is 0 Å². The zero-order valence-electron chi connectivity index (χ0n) is 64.0. The van der Waals surface area contributed by atoms with Gasteiger partial charge in [-0.1, -0.05) is 424 Å². The molecule has 4 aromatic rings. The van der Waals surface area contributed by atoms with Gasteiger partial charge in [0.05, 0.1) is 9.79 Å². The van der Waals surface area contributed by atoms with E-state index in [1.54, 1.807) is 12.1 Å². The van der Waals surface area contributed by atoms with Crippen molar-refractivity contribution in [3.63, 3.8) is 0 Å². The van der Waals surface area contributed by atoms with Crippen LogP contribution in [0.4, 0.5) is 0 Å². The smallest absolute Gasteiger partial charge is 0.744 e. The minimum atomic E-state index is -4.46. The maximum Gasteiger partial charge on any atom is 2.00 e. The molecule has 0 radical (unpaired) electrons. The van der Waals surface area contributed by atoms with Crippen molar-refractivity contribution in [1.82, 2.24) is 0 Å². The van der Waals surface area contributed by atoms with E-state index in [1.807, 2.05) is 12.1 Å². The molecule has 0 spiro atoms. The second kappa shape index (κ2) is 63.3. The first-order chi connectivity index (χ1) is 46.9. The van der Waals surface area contributed by atoms with Crippen LogP contribution < -0.4 is 0 Å². The Balaban J connectivity index is 0.000000653. The molecule has 552 valence electrons. The summed E-state index contributed by atoms with van der Waals surface area (Å²) in [5.41, 5.74) is 5.13. The zero-order chi connectivity index (χ0) is 69.1. The quantitative estimate of drug-likeness (QED) is 0.0247. The third-order valence-electron chi connectivity index (χ3n) is 21.0. The summed E-state index contributed by atoms with van der Waals surface area (Å²) in [6, 6.07) is 18.9. The molecule has 0 saturated heterocycles. The van der Waals surface area contributed by atoms with E-state index in [9.17, 15) is 25.9 Å². The van der Waals surface area contributed by atoms with E-state index in [-0.39, 0.29) is 58.7 Å². The molecule has 0 saturated carbocycles. The van der Waals surface area contributed by atoms with E-state index in [1.165, 1.54) is 407 Å². The van der Waals surface area contributed by atoms with Crippen LogP contribution in [0.3, 0.4) is 0 Å². The Hall–Kier alpha value is -1.21. The van der Waals surface area contributed by atoms with Gasteiger partial charge in [0.2, 0.25) is 0 Å². The van der Waals surface area contributed by atoms with E-state index >= 15 is 0 Å². The van der Waals surface area contributed by atoms with E-state index in [0.29, 0.717) is 0 Å². The van der Waals surface area contributed by atoms with Gasteiger partial charge in [-0.25, -0.2) is 16.8 Å². The fraction of sp³-hybridized carbons (Fsp3) is 0.773. The largest absolute Gasteiger partial charge is 2.00 e. The normalized spacial score (nSPS) is 11.9. The van der Waals surface area contributed by atoms with Gasteiger partial charge in [-0.15, -0.1) is 0 Å². The zero-order valence-corrected chi connectivity index (χ0v) is 70.1. The molecule has 0 bridgehead atoms. The maximum absolute atomic E-state index is 11.8. The Morgan fingerprint density at radius 3 is 0.588 bits per heavy atom. The van der Waals surface area contributed by atoms with E-state index < -0.39 is 20.2 Å². The molecule has 0 atom stereocenters. The number of fused-ring (bicyclic) bond motifs is 2. The Labute approximate surface area is 642 Å². The molecule has 4 rings (SSSR count). The van der Waals surface area contributed by atoms with Crippen molar-refractivity contribution >= 4 is 90.7 Å². The maximum atomic E-state index is 11.8. The Bertz CT molecular complexity index is 2500. The van der Waals surface area contributed by atoms with Crippen molar-refractivity contribution in [1.29, 1.82) is 0 Å². The van der Waals surface area contributed by atoms with E-state index in [4.69, 9.17) is 0 Å². The Morgan fingerprint density at radius 1 is 0.227 bits per heavy atom. The molecule has 0 fully saturated rings. The van der Waals surface area contributed by atoms with Crippen LogP contribution in [0.1, 0.15) is 435 Å². The molecular weight excluding hydrogens is 1350 g/mol. The van der Waals surface area contributed by atoms with E-state index in [2.05, 4.69) is 52.0 Å². The number of rotatable bonds is 66. The average molecular weight is 1510 g/mol. The molecule has 0 amide bonds. The molecule has 97 heavy (non-hydrogen) atoms. The van der Waals surface area contributed by atoms with Crippen molar-refractivity contribution in [3.8, 4) is 0 Å². The van der Waals surface area contributed by atoms with Crippen LogP contribution in [0.5, 0.6) is 0 Å². The number of benzene rings is 4. The Morgan fingerprint density at radius 2 is 0.402 bits per heavy atom. The van der Waals surface area contributed by atoms with Crippen LogP contribution in [0.15, 0.2) is 70.5 Å². The summed E-state index contributed by atoms with van der Waals surface area (Å²) in [5, 5.41) is 4.02. The van der Waals surface area contributed by atoms with Crippen molar-refractivity contribution in [3.05, 3.63) is 82.9 Å². The summed E-state index contributed by atoms with van der Waals surface area (Å²) in [4.78, 5) is -0.217. The Kier molecular flexibility index (Phi) is 59.9. The fourth-order valence-corrected chi connectivity index (χ4v) is 15.7. The monoisotopic (exact) mass is 1500 g/mol. The van der Waals surface area contributed by atoms with Gasteiger partial charge in [0.25, 0.3) is 0 Å². The first-order valence-electron chi connectivity index (χ1n) is 41.9. The summed E-state index contributed by atoms with van der Waals surface area (Å²) in [7, 11) is -8.92. The second-order valence-electron chi connectivity index (χ2n) is 30.0. The van der Waals surface area contributed by atoms with Crippen molar-refractivity contribution in [2.24, 2.45) is 0 Å². The molecule has 0 unspecified atom stereocenters. The van der Waals surface area contributed by atoms with Gasteiger partial charge in [0, 0.05) is 0 Å². The SMILES string of the molecule is CCCCCCCCCCCCCCCCCc1cc(CCCCCCCCCCCCCCCCC)c2cc(S(=O)(=O)[O-])ccc2c1.CCCCCCCCCCCCCCCCCc1cc(CCCCCCCCCCCCCCCCC)c2cc(S(=O)(=O)[O-])ccc2c1.[Ba+2]. The molecule has 0 aliphatic rings. The van der Waals surface area contributed by atoms with Crippen LogP contribution >= 0.6 is 0 Å². The third-order valence-corrected chi connectivity index (χ3v) is 22.6. The second-order valence-corrected chi connectivity index (χ2v) is 32.7. The molecule has 6 nitrogen and oxygen atoms in total. The molecule has 0 aliphatic carbocycles. The molecule has 0 heterocycles. The summed E-state index contributed by atoms with van der Waals surface area (Å²) < 4.78 is 70.6. The fourth-order valence-electron chi connectivity index (χ4n) is 14.8. The number of hydrogen-bond acceptors (Lipinski definition) is 6. The van der Waals surface area contributed by atoms with Gasteiger partial charge in [0.1, 0.15) is 20.2 Å². The number of unbranched alkanes of at least 4 members (excludes halogenated alkanes) is 56. The standard InChI is InChI=1S/2C44H76O3S.Ba/c2*1-3-5-7-9-11-13-15-17-19-21-23-25-27-29-31-33-40-37-41(44-39-43(48(45,46)47)36-35-42(44)38-40)34-32-30-28-26-24-22-20-18-16-14-12-10-8-6-4-2;/h2*35-39H,3-34H2,1-2H3,(H,45,46,47);/q;;+2/p-2. The summed E-state index contributed by atoms with van der Waals surface area (Å²) in [5.74, 6) is 0. The van der Waals surface area contributed by atoms with Crippen LogP contribution in [0.2, 0.25) is 0 Å². The van der Waals surface area contributed by atoms with Gasteiger partial charge >= 0.3 is 48.9 Å². The molecule has 4 aromatic carbocycles. The van der Waals surface area contributed by atoms with Crippen LogP contribution in [0, 0.1) is 0 Å². The summed E-state index contributed by atoms with van der Waals surface area (Å²) in [6.45, 7) is 9.14. The predicted molar refractivity (Wildman–Crippen MR) is 424 cm³/mol. The van der Waals surface area contributed by atoms with Gasteiger partial charge in [0.15, 0.2) is 0 Å². The molecule has 0 N–H and O–H groups in total. The van der Waals surface area contributed by atoms with Crippen molar-refractivity contribution in [2.75, 3.05) is 0 Å². The van der Waals surface area contributed by atoms with Gasteiger partial charge in [-0.05, 0) is 119 Å². The minimum absolute atomic E-state index is 0. The third kappa shape index (κ3) is 49.2. The van der Waals surface area contributed by atoms with Gasteiger partial charge < -0.3 is 9.11 Å². The molecule has 0 aromatic heterocycles. The topological polar surface area (TPSA) is 114 Å². The minimum Gasteiger partial charge on any atom is -0.744 e. The van der Waals surface area contributed by atoms with Gasteiger partial charge in [-0.2, -0.15) is 0 Å². The summed E-state index contributed by atoms with van der Waals surface area (Å²) >= 11 is 0. The van der Waals surface area contributed by atoms with Crippen molar-refractivity contribution in [2.45, 2.75) is 448 Å². The van der Waals surface area contributed by atoms with Crippen LogP contribution in [0.25, 0.3) is 21.5 Å². The first-order valence-corrected chi connectivity index (χ1v) is 44.8. The molecule has 9 heteroatoms. The van der Waals surface area contributed by atoms with Crippen LogP contribution in [-0.2, 0) is 45.9 Å². The number of aryl methyl sites for hydroxylation is 4. The van der Waals surface area contributed by atoms with Crippen LogP contribution in [-0.4, -0.2) is 74.8 Å².